The molecule has 1 atom stereocenters. The highest BCUT2D eigenvalue weighted by molar-refractivity contribution is 7.10. The fraction of sp³-hybridized carbons (Fsp3) is 0.211. The zero-order valence-electron chi connectivity index (χ0n) is 14.4. The summed E-state index contributed by atoms with van der Waals surface area (Å²) in [5.74, 6) is -0.516. The molecule has 4 rings (SSSR count). The molecule has 1 amide bonds. The molecule has 2 aromatic heterocycles. The van der Waals surface area contributed by atoms with Gasteiger partial charge in [0.25, 0.3) is 5.91 Å². The van der Waals surface area contributed by atoms with Gasteiger partial charge in [0, 0.05) is 21.8 Å². The summed E-state index contributed by atoms with van der Waals surface area (Å²) >= 11 is 1.60. The van der Waals surface area contributed by atoms with E-state index in [1.807, 2.05) is 24.4 Å². The molecule has 1 unspecified atom stereocenters. The molecule has 1 aliphatic heterocycles. The second-order valence-electron chi connectivity index (χ2n) is 5.97. The number of fused-ring (bicyclic) bond motifs is 1. The lowest BCUT2D eigenvalue weighted by atomic mass is 10.1. The fourth-order valence-electron chi connectivity index (χ4n) is 3.25. The summed E-state index contributed by atoms with van der Waals surface area (Å²) in [4.78, 5) is 27.7. The van der Waals surface area contributed by atoms with E-state index in [0.29, 0.717) is 17.9 Å². The second kappa shape index (κ2) is 6.42. The van der Waals surface area contributed by atoms with E-state index in [9.17, 15) is 9.59 Å². The van der Waals surface area contributed by atoms with Crippen LogP contribution in [0.5, 0.6) is 0 Å². The Hall–Kier alpha value is -2.93. The number of nitrogens with zero attached hydrogens (tertiary/aromatic N) is 2. The molecule has 0 fully saturated rings. The summed E-state index contributed by atoms with van der Waals surface area (Å²) in [5, 5.41) is 9.11. The Morgan fingerprint density at radius 1 is 1.31 bits per heavy atom. The number of esters is 1. The lowest BCUT2D eigenvalue weighted by Gasteiger charge is -2.25. The fourth-order valence-corrected chi connectivity index (χ4v) is 4.07. The predicted octanol–water partition coefficient (Wildman–Crippen LogP) is 3.71. The summed E-state index contributed by atoms with van der Waals surface area (Å²) in [6, 6.07) is 10.7. The van der Waals surface area contributed by atoms with Crippen molar-refractivity contribution in [2.75, 3.05) is 11.5 Å². The molecule has 7 heteroatoms. The first-order valence-electron chi connectivity index (χ1n) is 8.30. The van der Waals surface area contributed by atoms with E-state index in [1.165, 1.54) is 0 Å². The van der Waals surface area contributed by atoms with Gasteiger partial charge in [-0.15, -0.1) is 11.3 Å². The predicted molar refractivity (Wildman–Crippen MR) is 98.7 cm³/mol. The van der Waals surface area contributed by atoms with Crippen LogP contribution in [0.15, 0.2) is 41.8 Å². The molecule has 1 aromatic carbocycles. The Morgan fingerprint density at radius 2 is 2.08 bits per heavy atom. The zero-order valence-corrected chi connectivity index (χ0v) is 15.2. The highest BCUT2D eigenvalue weighted by Crippen LogP contribution is 2.43. The minimum atomic E-state index is -0.370. The first-order chi connectivity index (χ1) is 12.6. The van der Waals surface area contributed by atoms with Crippen LogP contribution in [0.25, 0.3) is 0 Å². The van der Waals surface area contributed by atoms with Crippen molar-refractivity contribution >= 4 is 28.9 Å². The Bertz CT molecular complexity index is 961. The molecule has 3 aromatic rings. The van der Waals surface area contributed by atoms with E-state index in [1.54, 1.807) is 47.4 Å². The van der Waals surface area contributed by atoms with E-state index < -0.39 is 0 Å². The number of ether oxygens (including phenoxy) is 1. The van der Waals surface area contributed by atoms with Crippen molar-refractivity contribution < 1.29 is 14.3 Å². The van der Waals surface area contributed by atoms with Gasteiger partial charge in [-0.3, -0.25) is 14.8 Å². The lowest BCUT2D eigenvalue weighted by molar-refractivity contribution is 0.0526. The minimum absolute atomic E-state index is 0.147. The topological polar surface area (TPSA) is 75.3 Å². The number of nitrogens with one attached hydrogen (secondary N) is 1. The number of H-pyrrole nitrogens is 1. The molecule has 1 aliphatic rings. The average Bonchev–Trinajstić information content (AvgIpc) is 3.35. The molecule has 0 saturated heterocycles. The van der Waals surface area contributed by atoms with E-state index in [0.717, 1.165) is 21.8 Å². The molecule has 6 nitrogen and oxygen atoms in total. The van der Waals surface area contributed by atoms with Crippen LogP contribution in [0.2, 0.25) is 0 Å². The quantitative estimate of drug-likeness (QED) is 0.714. The Labute approximate surface area is 154 Å². The Morgan fingerprint density at radius 3 is 2.73 bits per heavy atom. The molecule has 3 heterocycles. The number of anilines is 1. The third-order valence-corrected chi connectivity index (χ3v) is 5.34. The van der Waals surface area contributed by atoms with Gasteiger partial charge >= 0.3 is 5.97 Å². The summed E-state index contributed by atoms with van der Waals surface area (Å²) in [6.07, 6.45) is 0. The first-order valence-corrected chi connectivity index (χ1v) is 9.18. The summed E-state index contributed by atoms with van der Waals surface area (Å²) in [6.45, 7) is 4.02. The van der Waals surface area contributed by atoms with Crippen molar-refractivity contribution in [3.63, 3.8) is 0 Å². The van der Waals surface area contributed by atoms with Gasteiger partial charge in [0.15, 0.2) is 5.69 Å². The molecule has 0 spiro atoms. The molecule has 0 aliphatic carbocycles. The summed E-state index contributed by atoms with van der Waals surface area (Å²) in [5.41, 5.74) is 3.43. The lowest BCUT2D eigenvalue weighted by Crippen LogP contribution is -2.29. The van der Waals surface area contributed by atoms with E-state index in [-0.39, 0.29) is 17.9 Å². The molecule has 0 radical (unpaired) electrons. The number of carbonyl (C=O) groups excluding carboxylic acids is 2. The average molecular weight is 367 g/mol. The van der Waals surface area contributed by atoms with Gasteiger partial charge in [0.2, 0.25) is 0 Å². The Balaban J connectivity index is 1.75. The van der Waals surface area contributed by atoms with Gasteiger partial charge in [0.05, 0.1) is 12.2 Å². The van der Waals surface area contributed by atoms with E-state index >= 15 is 0 Å². The third-order valence-electron chi connectivity index (χ3n) is 4.42. The highest BCUT2D eigenvalue weighted by Gasteiger charge is 2.42. The maximum atomic E-state index is 13.0. The number of thiophene rings is 1. The number of aryl methyl sites for hydroxylation is 1. The number of hydrogen-bond acceptors (Lipinski definition) is 5. The first kappa shape index (κ1) is 16.5. The zero-order chi connectivity index (χ0) is 18.3. The molecular formula is C19H17N3O3S. The van der Waals surface area contributed by atoms with Crippen molar-refractivity contribution in [2.24, 2.45) is 0 Å². The SMILES string of the molecule is CCOC(=O)c1ccc(N2C(=O)c3n[nH]c(C)c3C2c2cccs2)cc1. The number of hydrogen-bond donors (Lipinski definition) is 1. The number of aromatic amines is 1. The van der Waals surface area contributed by atoms with Crippen LogP contribution in [0.3, 0.4) is 0 Å². The van der Waals surface area contributed by atoms with Crippen LogP contribution in [0.1, 0.15) is 49.9 Å². The van der Waals surface area contributed by atoms with Gasteiger partial charge in [-0.05, 0) is 49.6 Å². The third kappa shape index (κ3) is 2.52. The number of amides is 1. The standard InChI is InChI=1S/C19H17N3O3S/c1-3-25-19(24)12-6-8-13(9-7-12)22-17(14-5-4-10-26-14)15-11(2)20-21-16(15)18(22)23/h4-10,17H,3H2,1-2H3,(H,20,21). The van der Waals surface area contributed by atoms with Crippen LogP contribution in [-0.2, 0) is 4.74 Å². The molecular weight excluding hydrogens is 350 g/mol. The number of carbonyl (C=O) groups is 2. The van der Waals surface area contributed by atoms with Gasteiger partial charge in [-0.1, -0.05) is 6.07 Å². The number of rotatable bonds is 4. The maximum Gasteiger partial charge on any atom is 0.338 e. The number of benzene rings is 1. The van der Waals surface area contributed by atoms with Gasteiger partial charge in [-0.2, -0.15) is 5.10 Å². The van der Waals surface area contributed by atoms with Crippen molar-refractivity contribution in [2.45, 2.75) is 19.9 Å². The van der Waals surface area contributed by atoms with Gasteiger partial charge < -0.3 is 4.74 Å². The summed E-state index contributed by atoms with van der Waals surface area (Å²) in [7, 11) is 0. The van der Waals surface area contributed by atoms with Crippen molar-refractivity contribution in [1.82, 2.24) is 10.2 Å². The minimum Gasteiger partial charge on any atom is -0.462 e. The normalized spacial score (nSPS) is 16.0. The maximum absolute atomic E-state index is 13.0. The van der Waals surface area contributed by atoms with Crippen LogP contribution in [-0.4, -0.2) is 28.7 Å². The summed E-state index contributed by atoms with van der Waals surface area (Å²) < 4.78 is 5.02. The Kier molecular flexibility index (Phi) is 4.08. The molecule has 0 bridgehead atoms. The molecule has 0 saturated carbocycles. The van der Waals surface area contributed by atoms with Gasteiger partial charge in [0.1, 0.15) is 6.04 Å². The van der Waals surface area contributed by atoms with Crippen LogP contribution >= 0.6 is 11.3 Å². The smallest absolute Gasteiger partial charge is 0.338 e. The molecule has 1 N–H and O–H groups in total. The number of aromatic nitrogens is 2. The largest absolute Gasteiger partial charge is 0.462 e. The van der Waals surface area contributed by atoms with Crippen LogP contribution < -0.4 is 4.90 Å². The van der Waals surface area contributed by atoms with Crippen molar-refractivity contribution in [1.29, 1.82) is 0 Å². The monoisotopic (exact) mass is 367 g/mol. The van der Waals surface area contributed by atoms with Crippen molar-refractivity contribution in [3.8, 4) is 0 Å². The van der Waals surface area contributed by atoms with Crippen LogP contribution in [0.4, 0.5) is 5.69 Å². The second-order valence-corrected chi connectivity index (χ2v) is 6.95. The van der Waals surface area contributed by atoms with E-state index in [2.05, 4.69) is 10.2 Å². The van der Waals surface area contributed by atoms with E-state index in [4.69, 9.17) is 4.74 Å². The molecule has 132 valence electrons. The van der Waals surface area contributed by atoms with Crippen LogP contribution in [0, 0.1) is 6.92 Å². The van der Waals surface area contributed by atoms with Gasteiger partial charge in [-0.25, -0.2) is 4.79 Å². The molecule has 26 heavy (non-hydrogen) atoms. The highest BCUT2D eigenvalue weighted by atomic mass is 32.1. The van der Waals surface area contributed by atoms with Crippen molar-refractivity contribution in [3.05, 3.63) is 69.2 Å².